The average Bonchev–Trinajstić information content (AvgIpc) is 2.56. The molecule has 5 heteroatoms. The molecule has 4 N–H and O–H groups in total. The number of hydrogen-bond acceptors (Lipinski definition) is 4. The van der Waals surface area contributed by atoms with Gasteiger partial charge in [0.05, 0.1) is 12.5 Å². The Labute approximate surface area is 136 Å². The molecule has 2 aromatic rings. The van der Waals surface area contributed by atoms with Gasteiger partial charge in [-0.15, -0.1) is 0 Å². The van der Waals surface area contributed by atoms with Gasteiger partial charge >= 0.3 is 0 Å². The predicted molar refractivity (Wildman–Crippen MR) is 89.1 cm³/mol. The predicted octanol–water partition coefficient (Wildman–Crippen LogP) is 1.42. The summed E-state index contributed by atoms with van der Waals surface area (Å²) >= 11 is 0. The van der Waals surface area contributed by atoms with E-state index in [1.54, 1.807) is 0 Å². The number of aliphatic hydroxyl groups excluding tert-OH is 1. The molecule has 1 atom stereocenters. The zero-order valence-electron chi connectivity index (χ0n) is 12.9. The van der Waals surface area contributed by atoms with Crippen LogP contribution in [0.25, 0.3) is 0 Å². The topological polar surface area (TPSA) is 84.6 Å². The quantitative estimate of drug-likeness (QED) is 0.611. The van der Waals surface area contributed by atoms with Crippen LogP contribution in [0.5, 0.6) is 5.75 Å². The molecule has 0 unspecified atom stereocenters. The molecular weight excluding hydrogens is 292 g/mol. The van der Waals surface area contributed by atoms with E-state index in [2.05, 4.69) is 5.32 Å². The fourth-order valence-corrected chi connectivity index (χ4v) is 2.18. The first-order chi connectivity index (χ1) is 11.1. The summed E-state index contributed by atoms with van der Waals surface area (Å²) in [5.41, 5.74) is 6.91. The third-order valence-corrected chi connectivity index (χ3v) is 3.37. The number of primary amides is 1. The molecule has 0 bridgehead atoms. The van der Waals surface area contributed by atoms with Crippen molar-refractivity contribution in [2.45, 2.75) is 12.5 Å². The second-order valence-electron chi connectivity index (χ2n) is 5.27. The maximum atomic E-state index is 10.8. The standard InChI is InChI=1S/C18H22N2O3/c19-18(22)12-14-6-8-16(9-7-14)23-11-10-20-13-17(21)15-4-2-1-3-5-15/h1-9,17,20-21H,10-13H2,(H2,19,22)/t17-/m0/s1. The van der Waals surface area contributed by atoms with Crippen LogP contribution in [0.2, 0.25) is 0 Å². The van der Waals surface area contributed by atoms with Crippen molar-refractivity contribution in [1.29, 1.82) is 0 Å². The Balaban J connectivity index is 1.64. The lowest BCUT2D eigenvalue weighted by molar-refractivity contribution is -0.117. The number of nitrogens with two attached hydrogens (primary N) is 1. The van der Waals surface area contributed by atoms with Gasteiger partial charge in [-0.3, -0.25) is 4.79 Å². The minimum atomic E-state index is -0.524. The summed E-state index contributed by atoms with van der Waals surface area (Å²) in [6, 6.07) is 16.8. The highest BCUT2D eigenvalue weighted by atomic mass is 16.5. The van der Waals surface area contributed by atoms with E-state index in [0.29, 0.717) is 19.7 Å². The molecular formula is C18H22N2O3. The molecule has 0 saturated heterocycles. The summed E-state index contributed by atoms with van der Waals surface area (Å²) in [5, 5.41) is 13.2. The normalized spacial score (nSPS) is 11.9. The highest BCUT2D eigenvalue weighted by Gasteiger charge is 2.05. The molecule has 0 radical (unpaired) electrons. The van der Waals surface area contributed by atoms with Gasteiger partial charge in [-0.05, 0) is 23.3 Å². The highest BCUT2D eigenvalue weighted by molar-refractivity contribution is 5.76. The van der Waals surface area contributed by atoms with Gasteiger partial charge in [0.15, 0.2) is 0 Å². The van der Waals surface area contributed by atoms with Gasteiger partial charge < -0.3 is 20.9 Å². The van der Waals surface area contributed by atoms with Crippen molar-refractivity contribution < 1.29 is 14.6 Å². The third kappa shape index (κ3) is 6.10. The Morgan fingerprint density at radius 3 is 2.48 bits per heavy atom. The van der Waals surface area contributed by atoms with Crippen molar-refractivity contribution in [3.05, 3.63) is 65.7 Å². The molecule has 0 spiro atoms. The second-order valence-corrected chi connectivity index (χ2v) is 5.27. The second kappa shape index (κ2) is 8.92. The number of rotatable bonds is 9. The number of nitrogens with one attached hydrogen (secondary N) is 1. The summed E-state index contributed by atoms with van der Waals surface area (Å²) in [7, 11) is 0. The van der Waals surface area contributed by atoms with Crippen LogP contribution in [0.4, 0.5) is 0 Å². The first-order valence-corrected chi connectivity index (χ1v) is 7.59. The van der Waals surface area contributed by atoms with Gasteiger partial charge in [-0.25, -0.2) is 0 Å². The third-order valence-electron chi connectivity index (χ3n) is 3.37. The lowest BCUT2D eigenvalue weighted by Crippen LogP contribution is -2.26. The largest absolute Gasteiger partial charge is 0.492 e. The molecule has 2 rings (SSSR count). The van der Waals surface area contributed by atoms with Crippen LogP contribution in [-0.2, 0) is 11.2 Å². The molecule has 1 amide bonds. The maximum absolute atomic E-state index is 10.8. The van der Waals surface area contributed by atoms with E-state index in [4.69, 9.17) is 10.5 Å². The minimum absolute atomic E-state index is 0.235. The zero-order valence-corrected chi connectivity index (χ0v) is 12.9. The molecule has 0 aromatic heterocycles. The van der Waals surface area contributed by atoms with Crippen molar-refractivity contribution in [2.75, 3.05) is 19.7 Å². The molecule has 5 nitrogen and oxygen atoms in total. The van der Waals surface area contributed by atoms with E-state index in [-0.39, 0.29) is 12.3 Å². The van der Waals surface area contributed by atoms with Crippen molar-refractivity contribution in [3.63, 3.8) is 0 Å². The van der Waals surface area contributed by atoms with E-state index >= 15 is 0 Å². The van der Waals surface area contributed by atoms with Crippen LogP contribution in [0, 0.1) is 0 Å². The number of hydrogen-bond donors (Lipinski definition) is 3. The maximum Gasteiger partial charge on any atom is 0.221 e. The van der Waals surface area contributed by atoms with Crippen LogP contribution in [0.15, 0.2) is 54.6 Å². The van der Waals surface area contributed by atoms with E-state index in [1.807, 2.05) is 54.6 Å². The van der Waals surface area contributed by atoms with Gasteiger partial charge in [-0.2, -0.15) is 0 Å². The Hall–Kier alpha value is -2.37. The number of aliphatic hydroxyl groups is 1. The Bertz CT molecular complexity index is 599. The number of carbonyl (C=O) groups is 1. The summed E-state index contributed by atoms with van der Waals surface area (Å²) in [6.45, 7) is 1.61. The number of amides is 1. The Morgan fingerprint density at radius 2 is 1.83 bits per heavy atom. The van der Waals surface area contributed by atoms with Crippen LogP contribution in [0.1, 0.15) is 17.2 Å². The fraction of sp³-hybridized carbons (Fsp3) is 0.278. The van der Waals surface area contributed by atoms with Crippen molar-refractivity contribution in [3.8, 4) is 5.75 Å². The Morgan fingerprint density at radius 1 is 1.13 bits per heavy atom. The summed E-state index contributed by atoms with van der Waals surface area (Å²) in [6.07, 6.45) is -0.288. The fourth-order valence-electron chi connectivity index (χ4n) is 2.18. The van der Waals surface area contributed by atoms with Gasteiger partial charge in [-0.1, -0.05) is 42.5 Å². The molecule has 0 aliphatic rings. The summed E-state index contributed by atoms with van der Waals surface area (Å²) < 4.78 is 5.59. The molecule has 23 heavy (non-hydrogen) atoms. The lowest BCUT2D eigenvalue weighted by atomic mass is 10.1. The van der Waals surface area contributed by atoms with Crippen LogP contribution in [-0.4, -0.2) is 30.7 Å². The van der Waals surface area contributed by atoms with E-state index in [1.165, 1.54) is 0 Å². The van der Waals surface area contributed by atoms with Gasteiger partial charge in [0.25, 0.3) is 0 Å². The molecule has 2 aromatic carbocycles. The van der Waals surface area contributed by atoms with Crippen LogP contribution >= 0.6 is 0 Å². The first-order valence-electron chi connectivity index (χ1n) is 7.59. The van der Waals surface area contributed by atoms with Crippen molar-refractivity contribution >= 4 is 5.91 Å². The minimum Gasteiger partial charge on any atom is -0.492 e. The molecule has 0 aliphatic carbocycles. The molecule has 0 fully saturated rings. The molecule has 0 heterocycles. The van der Waals surface area contributed by atoms with Crippen LogP contribution in [0.3, 0.4) is 0 Å². The number of ether oxygens (including phenoxy) is 1. The Kier molecular flexibility index (Phi) is 6.59. The van der Waals surface area contributed by atoms with Gasteiger partial charge in [0.1, 0.15) is 12.4 Å². The number of benzene rings is 2. The van der Waals surface area contributed by atoms with Crippen molar-refractivity contribution in [2.24, 2.45) is 5.73 Å². The van der Waals surface area contributed by atoms with Crippen LogP contribution < -0.4 is 15.8 Å². The average molecular weight is 314 g/mol. The lowest BCUT2D eigenvalue weighted by Gasteiger charge is -2.12. The summed E-state index contributed by atoms with van der Waals surface area (Å²) in [5.74, 6) is 0.392. The smallest absolute Gasteiger partial charge is 0.221 e. The zero-order chi connectivity index (χ0) is 16.5. The van der Waals surface area contributed by atoms with E-state index in [0.717, 1.165) is 16.9 Å². The van der Waals surface area contributed by atoms with Gasteiger partial charge in [0.2, 0.25) is 5.91 Å². The van der Waals surface area contributed by atoms with E-state index in [9.17, 15) is 9.90 Å². The van der Waals surface area contributed by atoms with Crippen molar-refractivity contribution in [1.82, 2.24) is 5.32 Å². The molecule has 0 aliphatic heterocycles. The van der Waals surface area contributed by atoms with Gasteiger partial charge in [0, 0.05) is 13.1 Å². The monoisotopic (exact) mass is 314 g/mol. The SMILES string of the molecule is NC(=O)Cc1ccc(OCCNC[C@H](O)c2ccccc2)cc1. The summed E-state index contributed by atoms with van der Waals surface area (Å²) in [4.78, 5) is 10.8. The first kappa shape index (κ1) is 17.0. The molecule has 0 saturated carbocycles. The molecule has 122 valence electrons. The number of carbonyl (C=O) groups excluding carboxylic acids is 1. The van der Waals surface area contributed by atoms with E-state index < -0.39 is 6.10 Å². The highest BCUT2D eigenvalue weighted by Crippen LogP contribution is 2.12.